The summed E-state index contributed by atoms with van der Waals surface area (Å²) in [7, 11) is -2.02. The van der Waals surface area contributed by atoms with Crippen LogP contribution in [-0.4, -0.2) is 32.3 Å². The van der Waals surface area contributed by atoms with E-state index < -0.39 is 10.0 Å². The number of hydrogen-bond donors (Lipinski definition) is 1. The van der Waals surface area contributed by atoms with Gasteiger partial charge in [0.25, 0.3) is 0 Å². The van der Waals surface area contributed by atoms with Gasteiger partial charge in [-0.15, -0.1) is 0 Å². The van der Waals surface area contributed by atoms with E-state index in [1.807, 2.05) is 24.3 Å². The molecule has 1 amide bonds. The molecule has 1 saturated heterocycles. The monoisotopic (exact) mass is 374 g/mol. The van der Waals surface area contributed by atoms with Crippen molar-refractivity contribution < 1.29 is 17.9 Å². The first-order valence-electron chi connectivity index (χ1n) is 8.45. The largest absolute Gasteiger partial charge is 0.497 e. The Bertz CT molecular complexity index is 894. The number of nitrogens with one attached hydrogen (secondary N) is 1. The minimum Gasteiger partial charge on any atom is -0.497 e. The van der Waals surface area contributed by atoms with E-state index in [1.54, 1.807) is 23.5 Å². The van der Waals surface area contributed by atoms with Crippen LogP contribution < -0.4 is 10.1 Å². The number of methoxy groups -OCH3 is 1. The van der Waals surface area contributed by atoms with Gasteiger partial charge in [0.2, 0.25) is 15.9 Å². The Labute approximate surface area is 153 Å². The average molecular weight is 374 g/mol. The molecule has 1 aliphatic heterocycles. The van der Waals surface area contributed by atoms with Gasteiger partial charge in [-0.25, -0.2) is 8.42 Å². The minimum atomic E-state index is -3.62. The summed E-state index contributed by atoms with van der Waals surface area (Å²) in [5, 5.41) is 2.64. The normalized spacial score (nSPS) is 17.8. The molecule has 0 aromatic heterocycles. The zero-order valence-corrected chi connectivity index (χ0v) is 15.6. The second-order valence-electron chi connectivity index (χ2n) is 6.26. The highest BCUT2D eigenvalue weighted by Gasteiger charge is 2.36. The maximum Gasteiger partial charge on any atom is 0.243 e. The smallest absolute Gasteiger partial charge is 0.243 e. The van der Waals surface area contributed by atoms with Crippen LogP contribution in [0.1, 0.15) is 31.4 Å². The Morgan fingerprint density at radius 3 is 2.58 bits per heavy atom. The van der Waals surface area contributed by atoms with E-state index in [0.29, 0.717) is 18.0 Å². The molecule has 1 N–H and O–H groups in total. The molecule has 26 heavy (non-hydrogen) atoms. The van der Waals surface area contributed by atoms with Gasteiger partial charge in [-0.1, -0.05) is 12.1 Å². The van der Waals surface area contributed by atoms with Crippen molar-refractivity contribution in [3.05, 3.63) is 54.1 Å². The number of sulfonamides is 1. The molecule has 0 aliphatic carbocycles. The van der Waals surface area contributed by atoms with Crippen molar-refractivity contribution in [2.24, 2.45) is 0 Å². The van der Waals surface area contributed by atoms with E-state index in [-0.39, 0.29) is 16.8 Å². The second-order valence-corrected chi connectivity index (χ2v) is 8.15. The molecule has 1 heterocycles. The average Bonchev–Trinajstić information content (AvgIpc) is 3.12. The van der Waals surface area contributed by atoms with Gasteiger partial charge in [0.1, 0.15) is 5.75 Å². The second kappa shape index (κ2) is 7.47. The van der Waals surface area contributed by atoms with Crippen LogP contribution in [0.25, 0.3) is 0 Å². The SMILES string of the molecule is COc1cccc([C@@H]2CCCN2S(=O)(=O)c2ccc(NC(C)=O)cc2)c1. The summed E-state index contributed by atoms with van der Waals surface area (Å²) in [6, 6.07) is 13.6. The number of rotatable bonds is 5. The van der Waals surface area contributed by atoms with E-state index in [0.717, 1.165) is 18.4 Å². The van der Waals surface area contributed by atoms with Crippen LogP contribution in [0, 0.1) is 0 Å². The highest BCUT2D eigenvalue weighted by atomic mass is 32.2. The molecule has 0 radical (unpaired) electrons. The van der Waals surface area contributed by atoms with Crippen LogP contribution in [0.15, 0.2) is 53.4 Å². The molecule has 2 aromatic carbocycles. The highest BCUT2D eigenvalue weighted by Crippen LogP contribution is 2.37. The molecule has 138 valence electrons. The number of carbonyl (C=O) groups excluding carboxylic acids is 1. The molecule has 0 spiro atoms. The predicted octanol–water partition coefficient (Wildman–Crippen LogP) is 3.18. The van der Waals surface area contributed by atoms with Gasteiger partial charge in [-0.2, -0.15) is 4.31 Å². The number of benzene rings is 2. The fourth-order valence-electron chi connectivity index (χ4n) is 3.26. The first-order valence-corrected chi connectivity index (χ1v) is 9.89. The summed E-state index contributed by atoms with van der Waals surface area (Å²) in [6.45, 7) is 1.89. The molecule has 3 rings (SSSR count). The van der Waals surface area contributed by atoms with Crippen molar-refractivity contribution in [2.75, 3.05) is 19.0 Å². The lowest BCUT2D eigenvalue weighted by Gasteiger charge is -2.25. The minimum absolute atomic E-state index is 0.196. The van der Waals surface area contributed by atoms with Gasteiger partial charge in [-0.3, -0.25) is 4.79 Å². The first kappa shape index (κ1) is 18.4. The Morgan fingerprint density at radius 2 is 1.92 bits per heavy atom. The quantitative estimate of drug-likeness (QED) is 0.872. The summed E-state index contributed by atoms with van der Waals surface area (Å²) in [5.41, 5.74) is 1.50. The van der Waals surface area contributed by atoms with Crippen molar-refractivity contribution in [1.82, 2.24) is 4.31 Å². The van der Waals surface area contributed by atoms with Crippen LogP contribution in [-0.2, 0) is 14.8 Å². The number of anilines is 1. The van der Waals surface area contributed by atoms with Gasteiger partial charge in [0.15, 0.2) is 0 Å². The summed E-state index contributed by atoms with van der Waals surface area (Å²) >= 11 is 0. The third-order valence-electron chi connectivity index (χ3n) is 4.46. The molecular weight excluding hydrogens is 352 g/mol. The Morgan fingerprint density at radius 1 is 1.19 bits per heavy atom. The molecule has 1 aliphatic rings. The topological polar surface area (TPSA) is 75.7 Å². The standard InChI is InChI=1S/C19H22N2O4S/c1-14(22)20-16-8-10-18(11-9-16)26(23,24)21-12-4-7-19(21)15-5-3-6-17(13-15)25-2/h3,5-6,8-11,13,19H,4,7,12H2,1-2H3,(H,20,22)/t19-/m0/s1. The van der Waals surface area contributed by atoms with E-state index in [9.17, 15) is 13.2 Å². The number of nitrogens with zero attached hydrogens (tertiary/aromatic N) is 1. The number of ether oxygens (including phenoxy) is 1. The van der Waals surface area contributed by atoms with E-state index in [4.69, 9.17) is 4.74 Å². The lowest BCUT2D eigenvalue weighted by atomic mass is 10.1. The van der Waals surface area contributed by atoms with E-state index in [2.05, 4.69) is 5.32 Å². The van der Waals surface area contributed by atoms with E-state index >= 15 is 0 Å². The Hall–Kier alpha value is -2.38. The lowest BCUT2D eigenvalue weighted by Crippen LogP contribution is -2.30. The highest BCUT2D eigenvalue weighted by molar-refractivity contribution is 7.89. The zero-order valence-electron chi connectivity index (χ0n) is 14.8. The van der Waals surface area contributed by atoms with Crippen LogP contribution >= 0.6 is 0 Å². The fourth-order valence-corrected chi connectivity index (χ4v) is 4.94. The first-order chi connectivity index (χ1) is 12.4. The summed E-state index contributed by atoms with van der Waals surface area (Å²) < 4.78 is 33.0. The predicted molar refractivity (Wildman–Crippen MR) is 99.6 cm³/mol. The maximum atomic E-state index is 13.1. The summed E-state index contributed by atoms with van der Waals surface area (Å²) in [6.07, 6.45) is 1.58. The van der Waals surface area contributed by atoms with Crippen LogP contribution in [0.3, 0.4) is 0 Å². The van der Waals surface area contributed by atoms with Gasteiger partial charge in [0, 0.05) is 19.2 Å². The van der Waals surface area contributed by atoms with Crippen LogP contribution in [0.5, 0.6) is 5.75 Å². The molecule has 0 unspecified atom stereocenters. The third-order valence-corrected chi connectivity index (χ3v) is 6.39. The molecule has 1 fully saturated rings. The molecular formula is C19H22N2O4S. The van der Waals surface area contributed by atoms with Crippen molar-refractivity contribution >= 4 is 21.6 Å². The molecule has 2 aromatic rings. The molecule has 0 bridgehead atoms. The molecule has 1 atom stereocenters. The van der Waals surface area contributed by atoms with Crippen molar-refractivity contribution in [1.29, 1.82) is 0 Å². The van der Waals surface area contributed by atoms with Crippen molar-refractivity contribution in [3.63, 3.8) is 0 Å². The lowest BCUT2D eigenvalue weighted by molar-refractivity contribution is -0.114. The molecule has 6 nitrogen and oxygen atoms in total. The van der Waals surface area contributed by atoms with Gasteiger partial charge >= 0.3 is 0 Å². The maximum absolute atomic E-state index is 13.1. The van der Waals surface area contributed by atoms with Gasteiger partial charge < -0.3 is 10.1 Å². The Balaban J connectivity index is 1.88. The van der Waals surface area contributed by atoms with Crippen LogP contribution in [0.4, 0.5) is 5.69 Å². The summed E-state index contributed by atoms with van der Waals surface area (Å²) in [5.74, 6) is 0.518. The van der Waals surface area contributed by atoms with Crippen LogP contribution in [0.2, 0.25) is 0 Å². The van der Waals surface area contributed by atoms with Gasteiger partial charge in [-0.05, 0) is 54.8 Å². The number of carbonyl (C=O) groups is 1. The van der Waals surface area contributed by atoms with Crippen molar-refractivity contribution in [3.8, 4) is 5.75 Å². The van der Waals surface area contributed by atoms with Gasteiger partial charge in [0.05, 0.1) is 18.0 Å². The Kier molecular flexibility index (Phi) is 5.29. The zero-order chi connectivity index (χ0) is 18.7. The third kappa shape index (κ3) is 3.73. The fraction of sp³-hybridized carbons (Fsp3) is 0.316. The number of amides is 1. The molecule has 0 saturated carbocycles. The van der Waals surface area contributed by atoms with Crippen molar-refractivity contribution in [2.45, 2.75) is 30.7 Å². The summed E-state index contributed by atoms with van der Waals surface area (Å²) in [4.78, 5) is 11.3. The molecule has 7 heteroatoms. The van der Waals surface area contributed by atoms with E-state index in [1.165, 1.54) is 19.1 Å². The number of hydrogen-bond acceptors (Lipinski definition) is 4.